The van der Waals surface area contributed by atoms with Gasteiger partial charge in [0.15, 0.2) is 11.6 Å². The van der Waals surface area contributed by atoms with Gasteiger partial charge in [-0.15, -0.1) is 0 Å². The number of hydrogen-bond donors (Lipinski definition) is 0. The summed E-state index contributed by atoms with van der Waals surface area (Å²) < 4.78 is 0. The molecular weight excluding hydrogens is 202 g/mol. The third-order valence-electron chi connectivity index (χ3n) is 2.90. The molecule has 0 fully saturated rings. The molecule has 1 aliphatic carbocycles. The summed E-state index contributed by atoms with van der Waals surface area (Å²) in [6, 6.07) is 6.71. The zero-order valence-corrected chi connectivity index (χ0v) is 9.00. The highest BCUT2D eigenvalue weighted by molar-refractivity contribution is 6.27. The molecule has 16 heavy (non-hydrogen) atoms. The van der Waals surface area contributed by atoms with E-state index in [4.69, 9.17) is 5.26 Å². The van der Waals surface area contributed by atoms with Crippen molar-refractivity contribution in [3.05, 3.63) is 46.0 Å². The quantitative estimate of drug-likeness (QED) is 0.661. The van der Waals surface area contributed by atoms with E-state index in [1.54, 1.807) is 32.0 Å². The van der Waals surface area contributed by atoms with Gasteiger partial charge in [-0.25, -0.2) is 0 Å². The van der Waals surface area contributed by atoms with E-state index < -0.39 is 0 Å². The summed E-state index contributed by atoms with van der Waals surface area (Å²) in [5, 5.41) is 8.92. The number of allylic oxidation sites excluding steroid dienone is 2. The molecule has 1 aromatic rings. The van der Waals surface area contributed by atoms with Crippen LogP contribution in [-0.2, 0) is 0 Å². The Labute approximate surface area is 93.0 Å². The van der Waals surface area contributed by atoms with Crippen LogP contribution in [-0.4, -0.2) is 11.6 Å². The molecule has 0 spiro atoms. The van der Waals surface area contributed by atoms with Crippen molar-refractivity contribution in [1.82, 2.24) is 0 Å². The second kappa shape index (κ2) is 3.42. The molecule has 0 unspecified atom stereocenters. The van der Waals surface area contributed by atoms with Gasteiger partial charge in [0.25, 0.3) is 0 Å². The van der Waals surface area contributed by atoms with E-state index in [2.05, 4.69) is 0 Å². The Morgan fingerprint density at radius 2 is 1.69 bits per heavy atom. The summed E-state index contributed by atoms with van der Waals surface area (Å²) in [7, 11) is 0. The van der Waals surface area contributed by atoms with E-state index in [0.717, 1.165) is 0 Å². The number of Topliss-reactive ketones (excluding diaryl/α,β-unsaturated/α-hetero) is 2. The van der Waals surface area contributed by atoms with Gasteiger partial charge in [-0.05, 0) is 19.9 Å². The lowest BCUT2D eigenvalue weighted by Gasteiger charge is -2.17. The molecule has 1 aliphatic rings. The van der Waals surface area contributed by atoms with Gasteiger partial charge < -0.3 is 0 Å². The third-order valence-corrected chi connectivity index (χ3v) is 2.90. The lowest BCUT2D eigenvalue weighted by atomic mass is 9.83. The maximum absolute atomic E-state index is 12.0. The van der Waals surface area contributed by atoms with Crippen molar-refractivity contribution in [2.75, 3.05) is 0 Å². The average molecular weight is 211 g/mol. The van der Waals surface area contributed by atoms with Crippen molar-refractivity contribution in [2.45, 2.75) is 13.8 Å². The molecule has 0 saturated carbocycles. The van der Waals surface area contributed by atoms with Crippen molar-refractivity contribution in [1.29, 1.82) is 5.26 Å². The molecule has 2 rings (SSSR count). The minimum atomic E-state index is -0.218. The summed E-state index contributed by atoms with van der Waals surface area (Å²) in [4.78, 5) is 23.9. The molecule has 1 aromatic carbocycles. The van der Waals surface area contributed by atoms with Gasteiger partial charge >= 0.3 is 0 Å². The number of nitriles is 1. The summed E-state index contributed by atoms with van der Waals surface area (Å²) in [5.41, 5.74) is 1.75. The monoisotopic (exact) mass is 211 g/mol. The maximum Gasteiger partial charge on any atom is 0.191 e. The minimum Gasteiger partial charge on any atom is -0.289 e. The molecule has 0 aliphatic heterocycles. The van der Waals surface area contributed by atoms with E-state index in [-0.39, 0.29) is 22.7 Å². The molecule has 78 valence electrons. The van der Waals surface area contributed by atoms with Crippen LogP contribution < -0.4 is 0 Å². The summed E-state index contributed by atoms with van der Waals surface area (Å²) in [6.07, 6.45) is 0. The van der Waals surface area contributed by atoms with Gasteiger partial charge in [-0.3, -0.25) is 9.59 Å². The minimum absolute atomic E-state index is 0.163. The van der Waals surface area contributed by atoms with E-state index in [1.807, 2.05) is 6.07 Å². The molecule has 0 heterocycles. The molecule has 0 amide bonds. The van der Waals surface area contributed by atoms with Crippen LogP contribution in [0.1, 0.15) is 40.1 Å². The number of hydrogen-bond acceptors (Lipinski definition) is 3. The van der Waals surface area contributed by atoms with Crippen molar-refractivity contribution in [2.24, 2.45) is 0 Å². The van der Waals surface area contributed by atoms with Crippen LogP contribution in [0.3, 0.4) is 0 Å². The van der Waals surface area contributed by atoms with Crippen LogP contribution in [0.4, 0.5) is 0 Å². The Morgan fingerprint density at radius 3 is 2.31 bits per heavy atom. The van der Waals surface area contributed by atoms with E-state index in [9.17, 15) is 9.59 Å². The van der Waals surface area contributed by atoms with Gasteiger partial charge in [0.05, 0.1) is 17.2 Å². The van der Waals surface area contributed by atoms with Gasteiger partial charge in [0.1, 0.15) is 0 Å². The Bertz CT molecular complexity index is 588. The standard InChI is InChI=1S/C13H9NO2/c1-7-8(2)13(16)11-9(6-14)4-3-5-10(11)12(7)15/h3-5H,1-2H3. The molecular formula is C13H9NO2. The van der Waals surface area contributed by atoms with Gasteiger partial charge in [-0.2, -0.15) is 5.26 Å². The van der Waals surface area contributed by atoms with Crippen molar-refractivity contribution >= 4 is 11.6 Å². The zero-order valence-electron chi connectivity index (χ0n) is 9.00. The lowest BCUT2D eigenvalue weighted by Crippen LogP contribution is -2.20. The molecule has 0 aromatic heterocycles. The maximum atomic E-state index is 12.0. The topological polar surface area (TPSA) is 57.9 Å². The van der Waals surface area contributed by atoms with Crippen LogP contribution in [0, 0.1) is 11.3 Å². The number of nitrogens with zero attached hydrogens (tertiary/aromatic N) is 1. The predicted octanol–water partition coefficient (Wildman–Crippen LogP) is 2.27. The normalized spacial score (nSPS) is 14.8. The first-order valence-electron chi connectivity index (χ1n) is 4.88. The number of fused-ring (bicyclic) bond motifs is 1. The van der Waals surface area contributed by atoms with Crippen LogP contribution in [0.25, 0.3) is 0 Å². The van der Waals surface area contributed by atoms with Gasteiger partial charge in [0, 0.05) is 16.7 Å². The number of benzene rings is 1. The zero-order chi connectivity index (χ0) is 11.9. The van der Waals surface area contributed by atoms with E-state index in [1.165, 1.54) is 0 Å². The molecule has 0 saturated heterocycles. The van der Waals surface area contributed by atoms with Gasteiger partial charge in [-0.1, -0.05) is 12.1 Å². The van der Waals surface area contributed by atoms with Crippen LogP contribution >= 0.6 is 0 Å². The van der Waals surface area contributed by atoms with Crippen LogP contribution in [0.2, 0.25) is 0 Å². The molecule has 3 nitrogen and oxygen atoms in total. The summed E-state index contributed by atoms with van der Waals surface area (Å²) >= 11 is 0. The Morgan fingerprint density at radius 1 is 1.06 bits per heavy atom. The lowest BCUT2D eigenvalue weighted by molar-refractivity contribution is 0.0974. The molecule has 0 radical (unpaired) electrons. The fourth-order valence-corrected chi connectivity index (χ4v) is 1.81. The molecule has 3 heteroatoms. The Kier molecular flexibility index (Phi) is 2.21. The van der Waals surface area contributed by atoms with Gasteiger partial charge in [0.2, 0.25) is 0 Å². The first-order chi connectivity index (χ1) is 7.57. The van der Waals surface area contributed by atoms with Crippen molar-refractivity contribution in [3.63, 3.8) is 0 Å². The number of ketones is 2. The van der Waals surface area contributed by atoms with E-state index in [0.29, 0.717) is 16.7 Å². The second-order valence-electron chi connectivity index (χ2n) is 3.75. The fourth-order valence-electron chi connectivity index (χ4n) is 1.81. The average Bonchev–Trinajstić information content (AvgIpc) is 2.32. The highest BCUT2D eigenvalue weighted by atomic mass is 16.1. The molecule has 0 atom stereocenters. The molecule has 0 bridgehead atoms. The van der Waals surface area contributed by atoms with Crippen molar-refractivity contribution in [3.8, 4) is 6.07 Å². The molecule has 0 N–H and O–H groups in total. The SMILES string of the molecule is CC1=C(C)C(=O)c2c(C#N)cccc2C1=O. The predicted molar refractivity (Wildman–Crippen MR) is 58.2 cm³/mol. The number of rotatable bonds is 0. The summed E-state index contributed by atoms with van der Waals surface area (Å²) in [5.74, 6) is -0.381. The second-order valence-corrected chi connectivity index (χ2v) is 3.75. The largest absolute Gasteiger partial charge is 0.289 e. The number of carbonyl (C=O) groups excluding carboxylic acids is 2. The van der Waals surface area contributed by atoms with Crippen LogP contribution in [0.5, 0.6) is 0 Å². The van der Waals surface area contributed by atoms with E-state index >= 15 is 0 Å². The Balaban J connectivity index is 2.82. The number of carbonyl (C=O) groups is 2. The van der Waals surface area contributed by atoms with Crippen molar-refractivity contribution < 1.29 is 9.59 Å². The fraction of sp³-hybridized carbons (Fsp3) is 0.154. The first kappa shape index (κ1) is 10.3. The summed E-state index contributed by atoms with van der Waals surface area (Å²) in [6.45, 7) is 3.25. The Hall–Kier alpha value is -2.21. The highest BCUT2D eigenvalue weighted by Gasteiger charge is 2.29. The smallest absolute Gasteiger partial charge is 0.191 e. The first-order valence-corrected chi connectivity index (χ1v) is 4.88. The van der Waals surface area contributed by atoms with Crippen LogP contribution in [0.15, 0.2) is 29.3 Å². The third kappa shape index (κ3) is 1.20. The highest BCUT2D eigenvalue weighted by Crippen LogP contribution is 2.27.